The molecule has 0 spiro atoms. The number of hydrogen-bond donors (Lipinski definition) is 1. The smallest absolute Gasteiger partial charge is 0.263 e. The van der Waals surface area contributed by atoms with Crippen LogP contribution in [0.4, 0.5) is 0 Å². The number of ether oxygens (including phenoxy) is 1. The summed E-state index contributed by atoms with van der Waals surface area (Å²) < 4.78 is 7.29. The molecule has 2 fully saturated rings. The zero-order valence-electron chi connectivity index (χ0n) is 15.0. The highest BCUT2D eigenvalue weighted by molar-refractivity contribution is 5.94. The summed E-state index contributed by atoms with van der Waals surface area (Å²) in [5.74, 6) is -0.264. The molecule has 0 bridgehead atoms. The Balaban J connectivity index is 1.73. The number of aryl methyl sites for hydroxylation is 1. The first-order valence-corrected chi connectivity index (χ1v) is 8.76. The molecule has 132 valence electrons. The molecule has 6 heteroatoms. The molecule has 2 aliphatic heterocycles. The first-order valence-electron chi connectivity index (χ1n) is 8.76. The van der Waals surface area contributed by atoms with Gasteiger partial charge in [-0.1, -0.05) is 6.92 Å². The van der Waals surface area contributed by atoms with Crippen LogP contribution in [0.25, 0.3) is 0 Å². The monoisotopic (exact) mass is 333 g/mol. The van der Waals surface area contributed by atoms with E-state index in [-0.39, 0.29) is 29.2 Å². The van der Waals surface area contributed by atoms with Crippen LogP contribution in [0.15, 0.2) is 10.9 Å². The third kappa shape index (κ3) is 3.13. The number of nitrogens with one attached hydrogen (secondary N) is 1. The van der Waals surface area contributed by atoms with E-state index < -0.39 is 0 Å². The molecular formula is C18H27N3O3. The highest BCUT2D eigenvalue weighted by atomic mass is 16.5. The number of aromatic nitrogens is 1. The number of amides is 1. The van der Waals surface area contributed by atoms with Crippen molar-refractivity contribution in [1.82, 2.24) is 14.8 Å². The van der Waals surface area contributed by atoms with Gasteiger partial charge in [-0.05, 0) is 38.3 Å². The summed E-state index contributed by atoms with van der Waals surface area (Å²) in [6, 6.07) is 2.18. The quantitative estimate of drug-likeness (QED) is 0.891. The van der Waals surface area contributed by atoms with E-state index in [1.807, 2.05) is 13.8 Å². The van der Waals surface area contributed by atoms with E-state index in [4.69, 9.17) is 4.74 Å². The van der Waals surface area contributed by atoms with Crippen LogP contribution in [0.3, 0.4) is 0 Å². The summed E-state index contributed by atoms with van der Waals surface area (Å²) in [5, 5.41) is 3.05. The molecule has 0 aliphatic carbocycles. The molecule has 0 radical (unpaired) electrons. The molecule has 6 nitrogen and oxygen atoms in total. The van der Waals surface area contributed by atoms with Crippen LogP contribution in [0, 0.1) is 6.92 Å². The molecule has 0 aromatic carbocycles. The van der Waals surface area contributed by atoms with Gasteiger partial charge in [-0.2, -0.15) is 0 Å². The number of pyridine rings is 1. The first kappa shape index (κ1) is 17.2. The number of morpholine rings is 1. The van der Waals surface area contributed by atoms with Crippen molar-refractivity contribution < 1.29 is 9.53 Å². The Bertz CT molecular complexity index is 697. The van der Waals surface area contributed by atoms with Crippen molar-refractivity contribution >= 4 is 5.91 Å². The van der Waals surface area contributed by atoms with Gasteiger partial charge in [0.15, 0.2) is 0 Å². The van der Waals surface area contributed by atoms with Crippen molar-refractivity contribution in [3.05, 3.63) is 33.2 Å². The highest BCUT2D eigenvalue weighted by Gasteiger charge is 2.37. The number of rotatable bonds is 3. The zero-order valence-corrected chi connectivity index (χ0v) is 15.0. The number of nitrogens with zero attached hydrogens (tertiary/aromatic N) is 2. The van der Waals surface area contributed by atoms with Crippen molar-refractivity contribution in [3.8, 4) is 0 Å². The van der Waals surface area contributed by atoms with Crippen LogP contribution in [0.5, 0.6) is 0 Å². The van der Waals surface area contributed by atoms with Crippen molar-refractivity contribution in [1.29, 1.82) is 0 Å². The van der Waals surface area contributed by atoms with E-state index in [1.54, 1.807) is 17.7 Å². The van der Waals surface area contributed by atoms with Crippen LogP contribution < -0.4 is 10.9 Å². The van der Waals surface area contributed by atoms with E-state index in [2.05, 4.69) is 17.1 Å². The van der Waals surface area contributed by atoms with E-state index in [1.165, 1.54) is 0 Å². The maximum Gasteiger partial charge on any atom is 0.263 e. The van der Waals surface area contributed by atoms with E-state index in [9.17, 15) is 9.59 Å². The molecule has 3 rings (SSSR count). The van der Waals surface area contributed by atoms with Gasteiger partial charge in [-0.15, -0.1) is 0 Å². The molecule has 3 atom stereocenters. The van der Waals surface area contributed by atoms with Gasteiger partial charge >= 0.3 is 0 Å². The average molecular weight is 333 g/mol. The minimum atomic E-state index is -0.264. The van der Waals surface area contributed by atoms with Gasteiger partial charge in [0.25, 0.3) is 11.5 Å². The summed E-state index contributed by atoms with van der Waals surface area (Å²) >= 11 is 0. The van der Waals surface area contributed by atoms with E-state index in [0.717, 1.165) is 43.8 Å². The highest BCUT2D eigenvalue weighted by Crippen LogP contribution is 2.23. The average Bonchev–Trinajstić information content (AvgIpc) is 2.92. The second-order valence-electron chi connectivity index (χ2n) is 7.06. The second-order valence-corrected chi connectivity index (χ2v) is 7.06. The summed E-state index contributed by atoms with van der Waals surface area (Å²) in [7, 11) is 1.74. The molecule has 0 unspecified atom stereocenters. The molecule has 2 aliphatic rings. The lowest BCUT2D eigenvalue weighted by molar-refractivity contribution is -0.0390. The second kappa shape index (κ2) is 6.69. The molecule has 1 N–H and O–H groups in total. The lowest BCUT2D eigenvalue weighted by atomic mass is 10.1. The van der Waals surface area contributed by atoms with Crippen LogP contribution in [0.2, 0.25) is 0 Å². The van der Waals surface area contributed by atoms with Gasteiger partial charge < -0.3 is 14.6 Å². The third-order valence-corrected chi connectivity index (χ3v) is 5.26. The Morgan fingerprint density at radius 3 is 2.88 bits per heavy atom. The Hall–Kier alpha value is -1.66. The van der Waals surface area contributed by atoms with Gasteiger partial charge in [-0.25, -0.2) is 0 Å². The summed E-state index contributed by atoms with van der Waals surface area (Å²) in [6.45, 7) is 8.49. The lowest BCUT2D eigenvalue weighted by Crippen LogP contribution is -2.45. The summed E-state index contributed by atoms with van der Waals surface area (Å²) in [6.07, 6.45) is 1.90. The fourth-order valence-electron chi connectivity index (χ4n) is 4.02. The van der Waals surface area contributed by atoms with E-state index in [0.29, 0.717) is 6.04 Å². The maximum atomic E-state index is 12.6. The van der Waals surface area contributed by atoms with Gasteiger partial charge in [0.2, 0.25) is 0 Å². The maximum absolute atomic E-state index is 12.6. The molecule has 0 saturated carbocycles. The third-order valence-electron chi connectivity index (χ3n) is 5.26. The van der Waals surface area contributed by atoms with Crippen molar-refractivity contribution in [2.45, 2.75) is 51.8 Å². The molecule has 3 heterocycles. The Labute approximate surface area is 142 Å². The van der Waals surface area contributed by atoms with Gasteiger partial charge in [0.1, 0.15) is 5.56 Å². The molecular weight excluding hydrogens is 306 g/mol. The number of carbonyl (C=O) groups is 1. The normalized spacial score (nSPS) is 27.1. The lowest BCUT2D eigenvalue weighted by Gasteiger charge is -2.33. The van der Waals surface area contributed by atoms with Crippen LogP contribution in [0.1, 0.15) is 41.9 Å². The van der Waals surface area contributed by atoms with Crippen molar-refractivity contribution in [2.75, 3.05) is 19.7 Å². The van der Waals surface area contributed by atoms with E-state index >= 15 is 0 Å². The fourth-order valence-corrected chi connectivity index (χ4v) is 4.02. The van der Waals surface area contributed by atoms with Gasteiger partial charge in [0, 0.05) is 37.9 Å². The standard InChI is InChI=1S/C18H27N3O3/c1-5-16-11(2)6-15(18(23)20(16)4)17(22)19-13-7-14-10-24-12(3)8-21(14)9-13/h6,12-14H,5,7-10H2,1-4H3,(H,19,22)/t12-,13-,14+/m1/s1. The minimum Gasteiger partial charge on any atom is -0.376 e. The number of carbonyl (C=O) groups excluding carboxylic acids is 1. The molecule has 1 amide bonds. The Morgan fingerprint density at radius 2 is 2.17 bits per heavy atom. The van der Waals surface area contributed by atoms with Crippen molar-refractivity contribution in [3.63, 3.8) is 0 Å². The van der Waals surface area contributed by atoms with Crippen LogP contribution in [-0.4, -0.2) is 53.3 Å². The molecule has 2 saturated heterocycles. The Kier molecular flexibility index (Phi) is 4.78. The van der Waals surface area contributed by atoms with Crippen LogP contribution >= 0.6 is 0 Å². The molecule has 1 aromatic heterocycles. The fraction of sp³-hybridized carbons (Fsp3) is 0.667. The zero-order chi connectivity index (χ0) is 17.4. The minimum absolute atomic E-state index is 0.0762. The topological polar surface area (TPSA) is 63.6 Å². The number of hydrogen-bond acceptors (Lipinski definition) is 4. The Morgan fingerprint density at radius 1 is 1.42 bits per heavy atom. The van der Waals surface area contributed by atoms with Gasteiger partial charge in [-0.3, -0.25) is 14.5 Å². The predicted molar refractivity (Wildman–Crippen MR) is 92.4 cm³/mol. The molecule has 24 heavy (non-hydrogen) atoms. The SMILES string of the molecule is CCc1c(C)cc(C(=O)N[C@@H]2C[C@H]3CO[C@H](C)CN3C2)c(=O)n1C. The number of fused-ring (bicyclic) bond motifs is 1. The largest absolute Gasteiger partial charge is 0.376 e. The van der Waals surface area contributed by atoms with Gasteiger partial charge in [0.05, 0.1) is 12.7 Å². The van der Waals surface area contributed by atoms with Crippen molar-refractivity contribution in [2.24, 2.45) is 7.05 Å². The first-order chi connectivity index (χ1) is 11.4. The summed E-state index contributed by atoms with van der Waals surface area (Å²) in [5.41, 5.74) is 1.97. The summed E-state index contributed by atoms with van der Waals surface area (Å²) in [4.78, 5) is 27.5. The predicted octanol–water partition coefficient (Wildman–Crippen LogP) is 0.848. The molecule has 1 aromatic rings. The van der Waals surface area contributed by atoms with Crippen LogP contribution in [-0.2, 0) is 18.2 Å².